The third-order valence-corrected chi connectivity index (χ3v) is 2.26. The quantitative estimate of drug-likeness (QED) is 0.741. The summed E-state index contributed by atoms with van der Waals surface area (Å²) in [5.74, 6) is -7.52. The Balaban J connectivity index is 2.89. The molecular weight excluding hydrogens is 204 g/mol. The maximum absolute atomic E-state index is 12.1. The molecule has 1 aliphatic heterocycles. The van der Waals surface area contributed by atoms with Crippen LogP contribution >= 0.6 is 0 Å². The van der Waals surface area contributed by atoms with Crippen molar-refractivity contribution >= 4 is 5.97 Å². The van der Waals surface area contributed by atoms with Gasteiger partial charge in [-0.15, -0.1) is 0 Å². The average Bonchev–Trinajstić information content (AvgIpc) is 2.85. The minimum atomic E-state index is -3.27. The normalized spacial score (nSPS) is 48.0. The molecule has 0 saturated carbocycles. The summed E-state index contributed by atoms with van der Waals surface area (Å²) in [4.78, 5) is 15.7. The number of esters is 1. The number of ether oxygens (including phenoxy) is 1. The van der Waals surface area contributed by atoms with E-state index in [-0.39, 0.29) is 5.82 Å². The van der Waals surface area contributed by atoms with E-state index in [1.807, 2.05) is 0 Å². The second-order valence-corrected chi connectivity index (χ2v) is 3.28. The van der Waals surface area contributed by atoms with Crippen molar-refractivity contribution in [3.63, 3.8) is 0 Å². The van der Waals surface area contributed by atoms with Gasteiger partial charge >= 0.3 is 5.97 Å². The van der Waals surface area contributed by atoms with Gasteiger partial charge in [0, 0.05) is 34.3 Å². The number of aryl methyl sites for hydroxylation is 1. The van der Waals surface area contributed by atoms with Crippen LogP contribution in [0.15, 0.2) is 6.17 Å². The molecule has 1 fully saturated rings. The molecule has 1 saturated heterocycles. The lowest BCUT2D eigenvalue weighted by Gasteiger charge is -2.13. The van der Waals surface area contributed by atoms with Crippen LogP contribution in [0, 0.1) is 18.7 Å². The predicted molar refractivity (Wildman–Crippen MR) is 59.9 cm³/mol. The van der Waals surface area contributed by atoms with Gasteiger partial charge in [0.1, 0.15) is 5.82 Å². The first kappa shape index (κ1) is 4.17. The monoisotopic (exact) mass is 232 g/mol. The van der Waals surface area contributed by atoms with E-state index in [1.54, 1.807) is 0 Å². The highest BCUT2D eigenvalue weighted by atomic mass is 16.5. The molecule has 0 aromatic carbocycles. The molecule has 0 spiro atoms. The van der Waals surface area contributed by atoms with E-state index in [0.29, 0.717) is 4.57 Å². The summed E-state index contributed by atoms with van der Waals surface area (Å²) in [6, 6.07) is 0. The maximum atomic E-state index is 12.1. The smallest absolute Gasteiger partial charge is 0.309 e. The van der Waals surface area contributed by atoms with Crippen molar-refractivity contribution < 1.29 is 23.2 Å². The molecular formula is C12H18N2O2. The van der Waals surface area contributed by atoms with Gasteiger partial charge < -0.3 is 9.30 Å². The first-order chi connectivity index (χ1) is 11.5. The number of hydrogen-bond donors (Lipinski definition) is 0. The standard InChI is InChI=1S/C12H18N2O2/c1-4-11-9(7-16-12(11)15)5-10-6-13-8(2)14(10)3/h6,9,11H,4-5,7H2,1-3H3/t9-,11-/m0/s1/i3D3,5D2,6D,7D2,9D,11D. The van der Waals surface area contributed by atoms with Gasteiger partial charge in [0.25, 0.3) is 0 Å². The van der Waals surface area contributed by atoms with Crippen molar-refractivity contribution in [2.45, 2.75) is 26.6 Å². The second-order valence-electron chi connectivity index (χ2n) is 3.28. The summed E-state index contributed by atoms with van der Waals surface area (Å²) < 4.78 is 84.9. The van der Waals surface area contributed by atoms with E-state index in [2.05, 4.69) is 9.72 Å². The van der Waals surface area contributed by atoms with Crippen LogP contribution < -0.4 is 0 Å². The molecule has 0 radical (unpaired) electrons. The van der Waals surface area contributed by atoms with Crippen LogP contribution in [-0.2, 0) is 22.9 Å². The van der Waals surface area contributed by atoms with Crippen molar-refractivity contribution in [2.75, 3.05) is 6.56 Å². The molecule has 1 aromatic rings. The number of cyclic esters (lactones) is 1. The first-order valence-electron chi connectivity index (χ1n) is 9.79. The van der Waals surface area contributed by atoms with Crippen molar-refractivity contribution in [2.24, 2.45) is 18.8 Å². The Morgan fingerprint density at radius 3 is 3.50 bits per heavy atom. The Labute approximate surface area is 110 Å². The molecule has 4 heteroatoms. The van der Waals surface area contributed by atoms with Gasteiger partial charge in [-0.25, -0.2) is 4.98 Å². The Morgan fingerprint density at radius 1 is 2.00 bits per heavy atom. The van der Waals surface area contributed by atoms with E-state index >= 15 is 0 Å². The lowest BCUT2D eigenvalue weighted by atomic mass is 9.89. The number of imidazole rings is 1. The highest BCUT2D eigenvalue weighted by Crippen LogP contribution is 2.28. The number of nitrogens with zero attached hydrogens (tertiary/aromatic N) is 2. The molecule has 4 nitrogen and oxygen atoms in total. The second kappa shape index (κ2) is 4.28. The summed E-state index contributed by atoms with van der Waals surface area (Å²) in [6.07, 6.45) is -4.54. The Morgan fingerprint density at radius 2 is 2.81 bits per heavy atom. The third kappa shape index (κ3) is 1.84. The molecule has 16 heavy (non-hydrogen) atoms. The van der Waals surface area contributed by atoms with Crippen LogP contribution in [0.1, 0.15) is 38.6 Å². The molecule has 88 valence electrons. The van der Waals surface area contributed by atoms with Crippen LogP contribution in [-0.4, -0.2) is 22.1 Å². The van der Waals surface area contributed by atoms with Crippen LogP contribution in [0.5, 0.6) is 0 Å². The lowest BCUT2D eigenvalue weighted by Crippen LogP contribution is -2.18. The predicted octanol–water partition coefficient (Wildman–Crippen LogP) is 1.47. The van der Waals surface area contributed by atoms with Crippen LogP contribution in [0.2, 0.25) is 0 Å². The van der Waals surface area contributed by atoms with E-state index < -0.39 is 56.0 Å². The number of hydrogen-bond acceptors (Lipinski definition) is 3. The molecule has 2 rings (SSSR count). The fourth-order valence-electron chi connectivity index (χ4n) is 1.34. The SMILES string of the molecule is [2H]c1nc(C)n(C([2H])([2H])[2H])c1C([2H])([2H])[C@@]1([2H])C([2H])([2H])OC(=O)[C@@]1([2H])CC. The largest absolute Gasteiger partial charge is 0.465 e. The van der Waals surface area contributed by atoms with Gasteiger partial charge in [-0.2, -0.15) is 0 Å². The molecule has 0 amide bonds. The third-order valence-electron chi connectivity index (χ3n) is 2.26. The maximum Gasteiger partial charge on any atom is 0.309 e. The molecule has 1 aliphatic rings. The van der Waals surface area contributed by atoms with Gasteiger partial charge in [-0.1, -0.05) is 6.92 Å². The lowest BCUT2D eigenvalue weighted by molar-refractivity contribution is -0.141. The molecule has 2 heterocycles. The number of aromatic nitrogens is 2. The average molecular weight is 232 g/mol. The van der Waals surface area contributed by atoms with Gasteiger partial charge in [0.05, 0.1) is 16.6 Å². The van der Waals surface area contributed by atoms with E-state index in [0.717, 1.165) is 0 Å². The van der Waals surface area contributed by atoms with E-state index in [4.69, 9.17) is 13.7 Å². The Bertz CT molecular complexity index is 758. The van der Waals surface area contributed by atoms with Crippen molar-refractivity contribution in [3.05, 3.63) is 17.7 Å². The van der Waals surface area contributed by atoms with Crippen LogP contribution in [0.4, 0.5) is 0 Å². The van der Waals surface area contributed by atoms with E-state index in [1.165, 1.54) is 13.8 Å². The van der Waals surface area contributed by atoms with Crippen molar-refractivity contribution in [1.29, 1.82) is 0 Å². The van der Waals surface area contributed by atoms with Gasteiger partial charge in [-0.3, -0.25) is 4.79 Å². The molecule has 1 aromatic heterocycles. The topological polar surface area (TPSA) is 44.1 Å². The highest BCUT2D eigenvalue weighted by Gasteiger charge is 2.35. The summed E-state index contributed by atoms with van der Waals surface area (Å²) in [7, 11) is 0. The number of carbonyl (C=O) groups excluding carboxylic acids is 1. The van der Waals surface area contributed by atoms with Gasteiger partial charge in [0.2, 0.25) is 0 Å². The molecule has 2 atom stereocenters. The summed E-state index contributed by atoms with van der Waals surface area (Å²) in [5, 5.41) is 0. The van der Waals surface area contributed by atoms with E-state index in [9.17, 15) is 4.79 Å². The summed E-state index contributed by atoms with van der Waals surface area (Å²) in [6.45, 7) is -3.69. The Hall–Kier alpha value is -1.32. The minimum absolute atomic E-state index is 0.240. The fraction of sp³-hybridized carbons (Fsp3) is 0.667. The van der Waals surface area contributed by atoms with Gasteiger partial charge in [-0.05, 0) is 19.7 Å². The molecule has 0 bridgehead atoms. The summed E-state index contributed by atoms with van der Waals surface area (Å²) in [5.41, 5.74) is -0.905. The Kier molecular flexibility index (Phi) is 1.11. The molecule has 0 aliphatic carbocycles. The van der Waals surface area contributed by atoms with Crippen LogP contribution in [0.3, 0.4) is 0 Å². The zero-order valence-electron chi connectivity index (χ0n) is 18.9. The van der Waals surface area contributed by atoms with Crippen molar-refractivity contribution in [3.8, 4) is 0 Å². The number of rotatable bonds is 3. The zero-order valence-corrected chi connectivity index (χ0v) is 8.92. The van der Waals surface area contributed by atoms with Crippen LogP contribution in [0.25, 0.3) is 0 Å². The molecule has 0 unspecified atom stereocenters. The fourth-order valence-corrected chi connectivity index (χ4v) is 1.34. The zero-order chi connectivity index (χ0) is 20.5. The van der Waals surface area contributed by atoms with Gasteiger partial charge in [0.15, 0.2) is 0 Å². The number of carbonyl (C=O) groups is 1. The minimum Gasteiger partial charge on any atom is -0.465 e. The summed E-state index contributed by atoms with van der Waals surface area (Å²) >= 11 is 0. The first-order valence-corrected chi connectivity index (χ1v) is 4.79. The highest BCUT2D eigenvalue weighted by molar-refractivity contribution is 5.74. The van der Waals surface area contributed by atoms with Crippen molar-refractivity contribution in [1.82, 2.24) is 9.55 Å². The molecule has 0 N–H and O–H groups in total.